The van der Waals surface area contributed by atoms with E-state index >= 15 is 0 Å². The Morgan fingerprint density at radius 3 is 2.89 bits per heavy atom. The normalized spacial score (nSPS) is 10.3. The van der Waals surface area contributed by atoms with Gasteiger partial charge in [-0.2, -0.15) is 5.10 Å². The number of esters is 1. The Balaban J connectivity index is 2.35. The second-order valence-electron chi connectivity index (χ2n) is 3.56. The molecule has 0 aliphatic carbocycles. The van der Waals surface area contributed by atoms with Gasteiger partial charge in [-0.25, -0.2) is 9.78 Å². The Labute approximate surface area is 108 Å². The third-order valence-corrected chi connectivity index (χ3v) is 3.14. The summed E-state index contributed by atoms with van der Waals surface area (Å²) < 4.78 is 6.38. The standard InChI is InChI=1S/C11H12N4O2S/c1-15-6-8(5-14-15)18-10-9(11(16)17-2)3-7(12)4-13-10/h3-6H,12H2,1-2H3. The Morgan fingerprint density at radius 2 is 2.28 bits per heavy atom. The van der Waals surface area contributed by atoms with Crippen LogP contribution < -0.4 is 5.73 Å². The number of ether oxygens (including phenoxy) is 1. The lowest BCUT2D eigenvalue weighted by Gasteiger charge is -2.06. The molecule has 2 N–H and O–H groups in total. The van der Waals surface area contributed by atoms with Crippen molar-refractivity contribution in [1.82, 2.24) is 14.8 Å². The Morgan fingerprint density at radius 1 is 1.50 bits per heavy atom. The van der Waals surface area contributed by atoms with E-state index in [1.165, 1.54) is 25.1 Å². The van der Waals surface area contributed by atoms with Gasteiger partial charge in [-0.3, -0.25) is 4.68 Å². The predicted molar refractivity (Wildman–Crippen MR) is 67.3 cm³/mol. The number of methoxy groups -OCH3 is 1. The number of nitrogens with two attached hydrogens (primary N) is 1. The fourth-order valence-corrected chi connectivity index (χ4v) is 2.26. The molecule has 2 aromatic heterocycles. The Kier molecular flexibility index (Phi) is 3.52. The molecule has 6 nitrogen and oxygen atoms in total. The number of nitrogens with zero attached hydrogens (tertiary/aromatic N) is 3. The van der Waals surface area contributed by atoms with E-state index in [0.717, 1.165) is 4.90 Å². The Hall–Kier alpha value is -2.02. The number of carbonyl (C=O) groups is 1. The summed E-state index contributed by atoms with van der Waals surface area (Å²) in [6, 6.07) is 1.55. The van der Waals surface area contributed by atoms with Crippen molar-refractivity contribution >= 4 is 23.4 Å². The van der Waals surface area contributed by atoms with Crippen molar-refractivity contribution in [1.29, 1.82) is 0 Å². The molecule has 0 saturated carbocycles. The van der Waals surface area contributed by atoms with Crippen molar-refractivity contribution in [3.63, 3.8) is 0 Å². The molecule has 2 heterocycles. The quantitative estimate of drug-likeness (QED) is 0.842. The van der Waals surface area contributed by atoms with E-state index in [1.807, 2.05) is 13.2 Å². The highest BCUT2D eigenvalue weighted by molar-refractivity contribution is 7.99. The van der Waals surface area contributed by atoms with Gasteiger partial charge in [-0.1, -0.05) is 11.8 Å². The van der Waals surface area contributed by atoms with Gasteiger partial charge in [-0.15, -0.1) is 0 Å². The highest BCUT2D eigenvalue weighted by atomic mass is 32.2. The van der Waals surface area contributed by atoms with Crippen molar-refractivity contribution in [2.75, 3.05) is 12.8 Å². The van der Waals surface area contributed by atoms with Crippen LogP contribution >= 0.6 is 11.8 Å². The molecule has 0 aliphatic heterocycles. The van der Waals surface area contributed by atoms with E-state index < -0.39 is 5.97 Å². The topological polar surface area (TPSA) is 83.0 Å². The van der Waals surface area contributed by atoms with Crippen molar-refractivity contribution in [3.8, 4) is 0 Å². The Bertz CT molecular complexity index is 582. The fourth-order valence-electron chi connectivity index (χ4n) is 1.37. The van der Waals surface area contributed by atoms with Gasteiger partial charge in [0.2, 0.25) is 0 Å². The minimum atomic E-state index is -0.457. The van der Waals surface area contributed by atoms with Gasteiger partial charge in [0.05, 0.1) is 35.6 Å². The largest absolute Gasteiger partial charge is 0.465 e. The average Bonchev–Trinajstić information content (AvgIpc) is 2.76. The number of aryl methyl sites for hydroxylation is 1. The lowest BCUT2D eigenvalue weighted by Crippen LogP contribution is -2.05. The first-order valence-electron chi connectivity index (χ1n) is 5.10. The summed E-state index contributed by atoms with van der Waals surface area (Å²) in [6.45, 7) is 0. The minimum Gasteiger partial charge on any atom is -0.465 e. The molecule has 0 unspecified atom stereocenters. The number of pyridine rings is 1. The maximum Gasteiger partial charge on any atom is 0.340 e. The number of nitrogen functional groups attached to an aromatic ring is 1. The lowest BCUT2D eigenvalue weighted by atomic mass is 10.3. The first-order valence-corrected chi connectivity index (χ1v) is 5.92. The molecular weight excluding hydrogens is 252 g/mol. The van der Waals surface area contributed by atoms with Crippen LogP contribution in [0.1, 0.15) is 10.4 Å². The monoisotopic (exact) mass is 264 g/mol. The zero-order valence-electron chi connectivity index (χ0n) is 9.95. The molecule has 2 rings (SSSR count). The predicted octanol–water partition coefficient (Wildman–Crippen LogP) is 1.34. The third-order valence-electron chi connectivity index (χ3n) is 2.17. The van der Waals surface area contributed by atoms with Crippen LogP contribution in [0.15, 0.2) is 34.6 Å². The van der Waals surface area contributed by atoms with Crippen molar-refractivity contribution in [3.05, 3.63) is 30.2 Å². The molecule has 0 atom stereocenters. The number of anilines is 1. The minimum absolute atomic E-state index is 0.353. The van der Waals surface area contributed by atoms with Gasteiger partial charge in [0.15, 0.2) is 0 Å². The summed E-state index contributed by atoms with van der Waals surface area (Å²) in [7, 11) is 3.14. The van der Waals surface area contributed by atoms with Crippen LogP contribution in [-0.2, 0) is 11.8 Å². The van der Waals surface area contributed by atoms with Crippen LogP contribution in [0, 0.1) is 0 Å². The number of aromatic nitrogens is 3. The van der Waals surface area contributed by atoms with Crippen LogP contribution in [0.2, 0.25) is 0 Å². The molecule has 94 valence electrons. The summed E-state index contributed by atoms with van der Waals surface area (Å²) in [5.41, 5.74) is 6.40. The molecule has 0 spiro atoms. The SMILES string of the molecule is COC(=O)c1cc(N)cnc1Sc1cnn(C)c1. The van der Waals surface area contributed by atoms with Crippen LogP contribution in [0.3, 0.4) is 0 Å². The smallest absolute Gasteiger partial charge is 0.340 e. The van der Waals surface area contributed by atoms with E-state index in [2.05, 4.69) is 10.1 Å². The maximum atomic E-state index is 11.6. The van der Waals surface area contributed by atoms with Gasteiger partial charge >= 0.3 is 5.97 Å². The molecular formula is C11H12N4O2S. The van der Waals surface area contributed by atoms with Gasteiger partial charge in [0, 0.05) is 13.2 Å². The third kappa shape index (κ3) is 2.62. The van der Waals surface area contributed by atoms with Gasteiger partial charge in [-0.05, 0) is 6.07 Å². The average molecular weight is 264 g/mol. The van der Waals surface area contributed by atoms with Crippen LogP contribution in [-0.4, -0.2) is 27.8 Å². The first-order chi connectivity index (χ1) is 8.60. The van der Waals surface area contributed by atoms with Crippen molar-refractivity contribution in [2.24, 2.45) is 7.05 Å². The molecule has 18 heavy (non-hydrogen) atoms. The van der Waals surface area contributed by atoms with Crippen molar-refractivity contribution < 1.29 is 9.53 Å². The van der Waals surface area contributed by atoms with Crippen LogP contribution in [0.25, 0.3) is 0 Å². The van der Waals surface area contributed by atoms with Crippen LogP contribution in [0.5, 0.6) is 0 Å². The molecule has 2 aromatic rings. The number of hydrogen-bond acceptors (Lipinski definition) is 6. The highest BCUT2D eigenvalue weighted by Crippen LogP contribution is 2.29. The van der Waals surface area contributed by atoms with Crippen molar-refractivity contribution in [2.45, 2.75) is 9.92 Å². The van der Waals surface area contributed by atoms with Gasteiger partial charge in [0.25, 0.3) is 0 Å². The van der Waals surface area contributed by atoms with E-state index in [4.69, 9.17) is 10.5 Å². The first kappa shape index (κ1) is 12.4. The number of hydrogen-bond donors (Lipinski definition) is 1. The second-order valence-corrected chi connectivity index (χ2v) is 4.63. The van der Waals surface area contributed by atoms with E-state index in [1.54, 1.807) is 16.9 Å². The highest BCUT2D eigenvalue weighted by Gasteiger charge is 2.15. The number of rotatable bonds is 3. The molecule has 0 aliphatic rings. The molecule has 0 aromatic carbocycles. The van der Waals surface area contributed by atoms with Gasteiger partial charge < -0.3 is 10.5 Å². The lowest BCUT2D eigenvalue weighted by molar-refractivity contribution is 0.0596. The number of carbonyl (C=O) groups excluding carboxylic acids is 1. The second kappa shape index (κ2) is 5.09. The van der Waals surface area contributed by atoms with E-state index in [0.29, 0.717) is 16.3 Å². The molecule has 0 bridgehead atoms. The van der Waals surface area contributed by atoms with Crippen LogP contribution in [0.4, 0.5) is 5.69 Å². The molecule has 0 radical (unpaired) electrons. The fraction of sp³-hybridized carbons (Fsp3) is 0.182. The molecule has 0 amide bonds. The van der Waals surface area contributed by atoms with E-state index in [-0.39, 0.29) is 0 Å². The molecule has 0 saturated heterocycles. The van der Waals surface area contributed by atoms with E-state index in [9.17, 15) is 4.79 Å². The maximum absolute atomic E-state index is 11.6. The summed E-state index contributed by atoms with van der Waals surface area (Å²) in [4.78, 5) is 16.7. The molecule has 0 fully saturated rings. The zero-order valence-corrected chi connectivity index (χ0v) is 10.8. The zero-order chi connectivity index (χ0) is 13.1. The summed E-state index contributed by atoms with van der Waals surface area (Å²) >= 11 is 1.34. The summed E-state index contributed by atoms with van der Waals surface area (Å²) in [6.07, 6.45) is 5.04. The summed E-state index contributed by atoms with van der Waals surface area (Å²) in [5, 5.41) is 4.60. The summed E-state index contributed by atoms with van der Waals surface area (Å²) in [5.74, 6) is -0.457. The molecule has 7 heteroatoms. The van der Waals surface area contributed by atoms with Gasteiger partial charge in [0.1, 0.15) is 5.03 Å².